The Bertz CT molecular complexity index is 1710. The maximum absolute atomic E-state index is 14.3. The average molecular weight is 653 g/mol. The molecule has 0 bridgehead atoms. The zero-order valence-corrected chi connectivity index (χ0v) is 26.1. The van der Waals surface area contributed by atoms with Gasteiger partial charge in [0.05, 0.1) is 16.9 Å². The highest BCUT2D eigenvalue weighted by molar-refractivity contribution is 7.51. The first-order valence-electron chi connectivity index (χ1n) is 15.1. The second-order valence-electron chi connectivity index (χ2n) is 12.1. The van der Waals surface area contributed by atoms with Crippen molar-refractivity contribution in [2.45, 2.75) is 68.5 Å². The number of nitrogens with one attached hydrogen (secondary N) is 1. The van der Waals surface area contributed by atoms with E-state index < -0.39 is 31.5 Å². The summed E-state index contributed by atoms with van der Waals surface area (Å²) in [6.45, 7) is 0.721. The van der Waals surface area contributed by atoms with Crippen LogP contribution < -0.4 is 5.32 Å². The number of likely N-dealkylation sites (tertiary alicyclic amines) is 1. The van der Waals surface area contributed by atoms with Crippen molar-refractivity contribution >= 4 is 46.7 Å². The number of amides is 3. The fourth-order valence-electron chi connectivity index (χ4n) is 7.02. The fourth-order valence-corrected chi connectivity index (χ4v) is 8.51. The van der Waals surface area contributed by atoms with Crippen LogP contribution in [0.15, 0.2) is 54.6 Å². The Morgan fingerprint density at radius 2 is 1.80 bits per heavy atom. The third-order valence-electron chi connectivity index (χ3n) is 9.29. The number of carbonyl (C=O) groups is 3. The predicted molar refractivity (Wildman–Crippen MR) is 166 cm³/mol. The zero-order chi connectivity index (χ0) is 31.9. The molecule has 3 amide bonds. The molecule has 3 saturated heterocycles. The number of halogens is 1. The van der Waals surface area contributed by atoms with Crippen LogP contribution in [-0.2, 0) is 14.2 Å². The molecule has 13 heteroatoms. The molecule has 0 saturated carbocycles. The lowest BCUT2D eigenvalue weighted by Gasteiger charge is -2.36. The predicted octanol–water partition coefficient (Wildman–Crippen LogP) is 4.84. The van der Waals surface area contributed by atoms with Gasteiger partial charge in [0.1, 0.15) is 12.1 Å². The lowest BCUT2D eigenvalue weighted by atomic mass is 9.90. The van der Waals surface area contributed by atoms with E-state index in [1.165, 1.54) is 24.3 Å². The van der Waals surface area contributed by atoms with E-state index in [0.717, 1.165) is 36.2 Å². The van der Waals surface area contributed by atoms with E-state index in [-0.39, 0.29) is 40.1 Å². The molecule has 3 fully saturated rings. The highest BCUT2D eigenvalue weighted by Crippen LogP contribution is 2.53. The van der Waals surface area contributed by atoms with Crippen LogP contribution in [0, 0.1) is 17.2 Å². The molecule has 236 valence electrons. The SMILES string of the molecule is N#C[C@@H]1CN(C(=O)[C@@H]2CCC3CCCC[C@H](NC(=O)c4cc5cc([C@H](F)P(=O)(O)O)ccc5s4)C(=O)N32)C[C@H]1c1ccccc1. The monoisotopic (exact) mass is 652 g/mol. The summed E-state index contributed by atoms with van der Waals surface area (Å²) >= 11 is 1.13. The second-order valence-corrected chi connectivity index (χ2v) is 14.8. The standard InChI is InChI=1S/C32H34FN4O6PS/c33-29(44(41,42)43)20-10-13-27-21(14-20)15-28(45-27)30(38)35-25-9-5-4-8-23-11-12-26(37(23)31(25)39)32(40)36-17-22(16-34)24(18-36)19-6-2-1-3-7-19/h1-3,6-7,10,13-15,22-26,29H,4-5,8-9,11-12,17-18H2,(H,35,38)(H2,41,42,43)/t22-,23?,24+,25+,26+,29-/m1/s1. The number of hydrogen-bond donors (Lipinski definition) is 3. The molecule has 3 N–H and O–H groups in total. The third-order valence-corrected chi connectivity index (χ3v) is 11.3. The van der Waals surface area contributed by atoms with E-state index in [1.807, 2.05) is 30.3 Å². The summed E-state index contributed by atoms with van der Waals surface area (Å²) in [5.74, 6) is -3.83. The quantitative estimate of drug-likeness (QED) is 0.322. The number of alkyl halides is 1. The lowest BCUT2D eigenvalue weighted by Crippen LogP contribution is -2.56. The van der Waals surface area contributed by atoms with Gasteiger partial charge in [0.15, 0.2) is 0 Å². The van der Waals surface area contributed by atoms with Gasteiger partial charge in [-0.05, 0) is 60.4 Å². The van der Waals surface area contributed by atoms with Gasteiger partial charge < -0.3 is 24.9 Å². The summed E-state index contributed by atoms with van der Waals surface area (Å²) in [5, 5.41) is 13.2. The smallest absolute Gasteiger partial charge is 0.340 e. The Morgan fingerprint density at radius 1 is 1.04 bits per heavy atom. The van der Waals surface area contributed by atoms with Crippen molar-refractivity contribution in [3.8, 4) is 6.07 Å². The van der Waals surface area contributed by atoms with Crippen molar-refractivity contribution in [2.75, 3.05) is 13.1 Å². The summed E-state index contributed by atoms with van der Waals surface area (Å²) in [6.07, 6.45) is 4.03. The first kappa shape index (κ1) is 31.4. The maximum atomic E-state index is 14.3. The Hall–Kier alpha value is -3.62. The van der Waals surface area contributed by atoms with Gasteiger partial charge in [-0.2, -0.15) is 5.26 Å². The Labute approximate surface area is 264 Å². The number of carbonyl (C=O) groups excluding carboxylic acids is 3. The van der Waals surface area contributed by atoms with Crippen LogP contribution in [0.3, 0.4) is 0 Å². The van der Waals surface area contributed by atoms with Crippen LogP contribution in [0.4, 0.5) is 4.39 Å². The van der Waals surface area contributed by atoms with E-state index in [9.17, 15) is 38.4 Å². The van der Waals surface area contributed by atoms with Crippen molar-refractivity contribution < 1.29 is 33.1 Å². The summed E-state index contributed by atoms with van der Waals surface area (Å²) in [5.41, 5.74) is 0.832. The minimum Gasteiger partial charge on any atom is -0.340 e. The topological polar surface area (TPSA) is 151 Å². The molecule has 10 nitrogen and oxygen atoms in total. The highest BCUT2D eigenvalue weighted by Gasteiger charge is 2.47. The van der Waals surface area contributed by atoms with Gasteiger partial charge in [0.2, 0.25) is 17.7 Å². The molecule has 0 aliphatic carbocycles. The molecule has 4 heterocycles. The van der Waals surface area contributed by atoms with Crippen LogP contribution in [0.25, 0.3) is 10.1 Å². The number of hydrogen-bond acceptors (Lipinski definition) is 6. The molecule has 3 aliphatic rings. The molecular weight excluding hydrogens is 618 g/mol. The minimum absolute atomic E-state index is 0.0996. The van der Waals surface area contributed by atoms with Gasteiger partial charge in [-0.15, -0.1) is 11.3 Å². The van der Waals surface area contributed by atoms with Crippen molar-refractivity contribution in [1.82, 2.24) is 15.1 Å². The minimum atomic E-state index is -4.98. The molecule has 3 aromatic rings. The summed E-state index contributed by atoms with van der Waals surface area (Å²) in [4.78, 5) is 63.5. The van der Waals surface area contributed by atoms with E-state index in [1.54, 1.807) is 9.80 Å². The van der Waals surface area contributed by atoms with Gasteiger partial charge in [-0.1, -0.05) is 49.2 Å². The molecule has 3 aliphatic heterocycles. The number of fused-ring (bicyclic) bond motifs is 2. The van der Waals surface area contributed by atoms with Gasteiger partial charge in [0.25, 0.3) is 5.91 Å². The number of nitriles is 1. The number of benzene rings is 2. The Kier molecular flexibility index (Phi) is 8.81. The van der Waals surface area contributed by atoms with Crippen LogP contribution in [0.2, 0.25) is 0 Å². The molecule has 6 atom stereocenters. The van der Waals surface area contributed by atoms with Gasteiger partial charge in [-0.25, -0.2) is 4.39 Å². The number of nitrogens with zero attached hydrogens (tertiary/aromatic N) is 3. The summed E-state index contributed by atoms with van der Waals surface area (Å²) in [6, 6.07) is 16.1. The summed E-state index contributed by atoms with van der Waals surface area (Å²) < 4.78 is 26.3. The van der Waals surface area contributed by atoms with Crippen molar-refractivity contribution in [3.63, 3.8) is 0 Å². The van der Waals surface area contributed by atoms with Crippen LogP contribution in [-0.4, -0.2) is 68.5 Å². The molecule has 0 radical (unpaired) electrons. The molecule has 45 heavy (non-hydrogen) atoms. The number of rotatable bonds is 6. The van der Waals surface area contributed by atoms with E-state index >= 15 is 0 Å². The largest absolute Gasteiger partial charge is 0.363 e. The first-order valence-corrected chi connectivity index (χ1v) is 17.6. The molecule has 1 aromatic heterocycles. The third kappa shape index (κ3) is 6.27. The molecule has 1 unspecified atom stereocenters. The molecular formula is C32H34FN4O6PS. The average Bonchev–Trinajstić information content (AvgIpc) is 3.77. The molecule has 2 aromatic carbocycles. The molecule has 0 spiro atoms. The molecule has 6 rings (SSSR count). The van der Waals surface area contributed by atoms with E-state index in [0.29, 0.717) is 42.4 Å². The van der Waals surface area contributed by atoms with E-state index in [2.05, 4.69) is 11.4 Å². The maximum Gasteiger partial charge on any atom is 0.363 e. The van der Waals surface area contributed by atoms with Gasteiger partial charge in [-0.3, -0.25) is 18.9 Å². The second kappa shape index (κ2) is 12.6. The highest BCUT2D eigenvalue weighted by atomic mass is 32.1. The van der Waals surface area contributed by atoms with Gasteiger partial charge >= 0.3 is 7.60 Å². The number of thiophene rings is 1. The lowest BCUT2D eigenvalue weighted by molar-refractivity contribution is -0.146. The van der Waals surface area contributed by atoms with Crippen LogP contribution >= 0.6 is 18.9 Å². The van der Waals surface area contributed by atoms with Crippen LogP contribution in [0.5, 0.6) is 0 Å². The summed E-state index contributed by atoms with van der Waals surface area (Å²) in [7, 11) is -4.98. The fraction of sp³-hybridized carbons (Fsp3) is 0.438. The first-order chi connectivity index (χ1) is 21.5. The van der Waals surface area contributed by atoms with Crippen LogP contribution in [0.1, 0.15) is 71.2 Å². The van der Waals surface area contributed by atoms with Crippen molar-refractivity contribution in [1.29, 1.82) is 5.26 Å². The van der Waals surface area contributed by atoms with Crippen molar-refractivity contribution in [2.24, 2.45) is 5.92 Å². The Morgan fingerprint density at radius 3 is 2.53 bits per heavy atom. The van der Waals surface area contributed by atoms with Gasteiger partial charge in [0, 0.05) is 29.7 Å². The zero-order valence-electron chi connectivity index (χ0n) is 24.4. The normalized spacial score (nSPS) is 26.2. The Balaban J connectivity index is 1.18. The van der Waals surface area contributed by atoms with E-state index in [4.69, 9.17) is 0 Å². The van der Waals surface area contributed by atoms with Crippen molar-refractivity contribution in [3.05, 3.63) is 70.6 Å².